The minimum Gasteiger partial charge on any atom is -0.356 e. The molecule has 0 aliphatic carbocycles. The minimum atomic E-state index is -4.45. The maximum Gasteiger partial charge on any atom is 0.407 e. The van der Waals surface area contributed by atoms with Crippen LogP contribution < -0.4 is 5.32 Å². The average Bonchev–Trinajstić information content (AvgIpc) is 3.13. The Bertz CT molecular complexity index is 1010. The molecule has 0 radical (unpaired) electrons. The highest BCUT2D eigenvalue weighted by Crippen LogP contribution is 2.60. The van der Waals surface area contributed by atoms with Gasteiger partial charge in [-0.05, 0) is 81.7 Å². The van der Waals surface area contributed by atoms with Crippen LogP contribution in [-0.4, -0.2) is 24.4 Å². The molecule has 2 nitrogen and oxygen atoms in total. The van der Waals surface area contributed by atoms with Gasteiger partial charge in [0.1, 0.15) is 4.75 Å². The highest BCUT2D eigenvalue weighted by atomic mass is 79.9. The van der Waals surface area contributed by atoms with Crippen molar-refractivity contribution in [1.29, 1.82) is 0 Å². The second kappa shape index (κ2) is 9.81. The van der Waals surface area contributed by atoms with Crippen LogP contribution in [0.2, 0.25) is 5.02 Å². The number of thioether (sulfide) groups is 2. The Hall–Kier alpha value is -1.09. The Morgan fingerprint density at radius 2 is 2.03 bits per heavy atom. The number of benzene rings is 2. The fourth-order valence-electron chi connectivity index (χ4n) is 3.37. The molecule has 1 amide bonds. The third-order valence-corrected chi connectivity index (χ3v) is 8.47. The molecular formula is C22H20BrClF3NOS2. The topological polar surface area (TPSA) is 29.1 Å². The Morgan fingerprint density at radius 3 is 2.65 bits per heavy atom. The largest absolute Gasteiger partial charge is 0.407 e. The zero-order valence-corrected chi connectivity index (χ0v) is 20.8. The van der Waals surface area contributed by atoms with Crippen LogP contribution in [0.1, 0.15) is 30.0 Å². The molecule has 0 bridgehead atoms. The summed E-state index contributed by atoms with van der Waals surface area (Å²) in [6.07, 6.45) is -4.63. The van der Waals surface area contributed by atoms with Crippen molar-refractivity contribution >= 4 is 62.5 Å². The van der Waals surface area contributed by atoms with Crippen LogP contribution in [0.4, 0.5) is 13.2 Å². The number of aryl methyl sites for hydroxylation is 1. The van der Waals surface area contributed by atoms with Gasteiger partial charge in [-0.2, -0.15) is 13.2 Å². The summed E-state index contributed by atoms with van der Waals surface area (Å²) in [7, 11) is 0. The summed E-state index contributed by atoms with van der Waals surface area (Å²) in [4.78, 5) is 12.5. The first kappa shape index (κ1) is 24.6. The lowest BCUT2D eigenvalue weighted by Crippen LogP contribution is -2.37. The summed E-state index contributed by atoms with van der Waals surface area (Å²) in [6.45, 7) is 4.16. The molecule has 0 saturated heterocycles. The van der Waals surface area contributed by atoms with Gasteiger partial charge in [0.2, 0.25) is 5.91 Å². The van der Waals surface area contributed by atoms with Crippen LogP contribution >= 0.6 is 51.1 Å². The van der Waals surface area contributed by atoms with Gasteiger partial charge in [-0.25, -0.2) is 0 Å². The van der Waals surface area contributed by atoms with Gasteiger partial charge in [0.15, 0.2) is 0 Å². The van der Waals surface area contributed by atoms with E-state index in [1.165, 1.54) is 17.8 Å². The third kappa shape index (κ3) is 5.46. The highest BCUT2D eigenvalue weighted by molar-refractivity contribution is 9.10. The fourth-order valence-corrected chi connectivity index (χ4v) is 6.32. The first-order valence-corrected chi connectivity index (χ1v) is 12.5. The van der Waals surface area contributed by atoms with Gasteiger partial charge in [0, 0.05) is 27.4 Å². The molecule has 1 heterocycles. The van der Waals surface area contributed by atoms with Crippen LogP contribution in [0, 0.1) is 6.92 Å². The van der Waals surface area contributed by atoms with E-state index in [1.807, 2.05) is 19.1 Å². The molecule has 1 aliphatic rings. The number of rotatable bonds is 6. The summed E-state index contributed by atoms with van der Waals surface area (Å²) in [5.74, 6) is 0.209. The number of hydrogen-bond acceptors (Lipinski definition) is 3. The first-order chi connectivity index (χ1) is 14.6. The summed E-state index contributed by atoms with van der Waals surface area (Å²) in [5, 5.41) is 4.62. The average molecular weight is 551 g/mol. The molecule has 9 heteroatoms. The second-order valence-electron chi connectivity index (χ2n) is 7.17. The van der Waals surface area contributed by atoms with Crippen molar-refractivity contribution in [2.24, 2.45) is 0 Å². The van der Waals surface area contributed by atoms with Gasteiger partial charge >= 0.3 is 6.18 Å². The van der Waals surface area contributed by atoms with Crippen LogP contribution in [0.25, 0.3) is 5.57 Å². The van der Waals surface area contributed by atoms with Gasteiger partial charge in [-0.1, -0.05) is 23.7 Å². The maximum absolute atomic E-state index is 14.3. The normalized spacial score (nSPS) is 18.7. The van der Waals surface area contributed by atoms with Crippen LogP contribution in [-0.2, 0) is 9.54 Å². The molecule has 1 aliphatic heterocycles. The van der Waals surface area contributed by atoms with Crippen molar-refractivity contribution in [3.63, 3.8) is 0 Å². The van der Waals surface area contributed by atoms with E-state index in [9.17, 15) is 18.0 Å². The van der Waals surface area contributed by atoms with Crippen LogP contribution in [0.5, 0.6) is 0 Å². The lowest BCUT2D eigenvalue weighted by molar-refractivity contribution is -0.160. The minimum absolute atomic E-state index is 0.0647. The number of alkyl halides is 3. The summed E-state index contributed by atoms with van der Waals surface area (Å²) >= 11 is 11.7. The van der Waals surface area contributed by atoms with Crippen LogP contribution in [0.15, 0.2) is 51.2 Å². The van der Waals surface area contributed by atoms with E-state index in [0.29, 0.717) is 28.3 Å². The molecule has 0 fully saturated rings. The SMILES string of the molecule is CCNC(=O)CSc1ccc(C2=CSC(c3cc(C)cc(Cl)c3)(C(F)(F)F)C2)cc1Br. The van der Waals surface area contributed by atoms with Gasteiger partial charge in [-0.15, -0.1) is 23.5 Å². The van der Waals surface area contributed by atoms with Gasteiger partial charge < -0.3 is 5.32 Å². The predicted molar refractivity (Wildman–Crippen MR) is 128 cm³/mol. The number of allylic oxidation sites excluding steroid dienone is 1. The van der Waals surface area contributed by atoms with Gasteiger partial charge in [0.05, 0.1) is 5.75 Å². The van der Waals surface area contributed by atoms with Crippen LogP contribution in [0.3, 0.4) is 0 Å². The smallest absolute Gasteiger partial charge is 0.356 e. The molecule has 1 unspecified atom stereocenters. The number of carbonyl (C=O) groups is 1. The standard InChI is InChI=1S/C22H20BrClF3NOS2/c1-3-28-20(29)12-30-19-5-4-14(8-18(19)23)15-10-21(31-11-15,22(25,26)27)16-6-13(2)7-17(24)9-16/h4-9,11H,3,10,12H2,1-2H3,(H,28,29). The molecule has 0 aromatic heterocycles. The van der Waals surface area contributed by atoms with Crippen molar-refractivity contribution in [1.82, 2.24) is 5.32 Å². The zero-order chi connectivity index (χ0) is 22.8. The van der Waals surface area contributed by atoms with Crippen molar-refractivity contribution in [3.8, 4) is 0 Å². The number of nitrogens with one attached hydrogen (secondary N) is 1. The van der Waals surface area contributed by atoms with E-state index in [0.717, 1.165) is 21.1 Å². The number of amides is 1. The van der Waals surface area contributed by atoms with Gasteiger partial charge in [0.25, 0.3) is 0 Å². The predicted octanol–water partition coefficient (Wildman–Crippen LogP) is 7.57. The van der Waals surface area contributed by atoms with Crippen molar-refractivity contribution < 1.29 is 18.0 Å². The summed E-state index contributed by atoms with van der Waals surface area (Å²) in [6, 6.07) is 10.0. The van der Waals surface area contributed by atoms with E-state index in [-0.39, 0.29) is 23.6 Å². The quantitative estimate of drug-likeness (QED) is 0.376. The highest BCUT2D eigenvalue weighted by Gasteiger charge is 2.58. The fraction of sp³-hybridized carbons (Fsp3) is 0.318. The summed E-state index contributed by atoms with van der Waals surface area (Å²) in [5.41, 5.74) is 2.18. The monoisotopic (exact) mass is 549 g/mol. The zero-order valence-electron chi connectivity index (χ0n) is 16.8. The molecule has 31 heavy (non-hydrogen) atoms. The Balaban J connectivity index is 1.85. The molecule has 1 N–H and O–H groups in total. The number of carbonyl (C=O) groups excluding carboxylic acids is 1. The number of hydrogen-bond donors (Lipinski definition) is 1. The molecule has 3 rings (SSSR count). The van der Waals surface area contributed by atoms with Crippen molar-refractivity contribution in [2.75, 3.05) is 12.3 Å². The van der Waals surface area contributed by atoms with E-state index < -0.39 is 10.9 Å². The van der Waals surface area contributed by atoms with Gasteiger partial charge in [-0.3, -0.25) is 4.79 Å². The lowest BCUT2D eigenvalue weighted by Gasteiger charge is -2.32. The second-order valence-corrected chi connectivity index (χ2v) is 10.6. The molecule has 0 spiro atoms. The van der Waals surface area contributed by atoms with E-state index in [4.69, 9.17) is 11.6 Å². The molecule has 1 atom stereocenters. The number of halogens is 5. The van der Waals surface area contributed by atoms with E-state index in [2.05, 4.69) is 21.2 Å². The lowest BCUT2D eigenvalue weighted by atomic mass is 9.88. The Morgan fingerprint density at radius 1 is 1.29 bits per heavy atom. The Kier molecular flexibility index (Phi) is 7.77. The molecule has 166 valence electrons. The molecule has 0 saturated carbocycles. The van der Waals surface area contributed by atoms with E-state index >= 15 is 0 Å². The van der Waals surface area contributed by atoms with Crippen molar-refractivity contribution in [2.45, 2.75) is 36.1 Å². The molecule has 2 aromatic carbocycles. The van der Waals surface area contributed by atoms with Crippen molar-refractivity contribution in [3.05, 3.63) is 68.0 Å². The molecular weight excluding hydrogens is 531 g/mol. The Labute approximate surface area is 201 Å². The summed E-state index contributed by atoms with van der Waals surface area (Å²) < 4.78 is 41.5. The maximum atomic E-state index is 14.3. The van der Waals surface area contributed by atoms with E-state index in [1.54, 1.807) is 30.5 Å². The third-order valence-electron chi connectivity index (χ3n) is 4.84. The molecule has 2 aromatic rings. The first-order valence-electron chi connectivity index (χ1n) is 9.46.